The molecule has 13 heteroatoms. The number of rotatable bonds is 14. The molecule has 1 saturated heterocycles. The van der Waals surface area contributed by atoms with Crippen molar-refractivity contribution in [2.45, 2.75) is 62.7 Å². The molecule has 1 aliphatic rings. The van der Waals surface area contributed by atoms with Gasteiger partial charge in [0.1, 0.15) is 23.9 Å². The lowest BCUT2D eigenvalue weighted by molar-refractivity contribution is -0.143. The average molecular weight is 538 g/mol. The Balaban J connectivity index is 2.18. The van der Waals surface area contributed by atoms with Crippen molar-refractivity contribution >= 4 is 41.4 Å². The molecule has 1 aliphatic heterocycles. The van der Waals surface area contributed by atoms with Crippen LogP contribution in [0.5, 0.6) is 5.75 Å². The number of hydrogen-bond donors (Lipinski definition) is 6. The van der Waals surface area contributed by atoms with Gasteiger partial charge in [0, 0.05) is 19.4 Å². The van der Waals surface area contributed by atoms with Crippen LogP contribution in [0.2, 0.25) is 0 Å². The number of primary amides is 1. The van der Waals surface area contributed by atoms with Gasteiger partial charge in [-0.05, 0) is 55.4 Å². The van der Waals surface area contributed by atoms with Crippen LogP contribution in [0.25, 0.3) is 0 Å². The van der Waals surface area contributed by atoms with Gasteiger partial charge in [-0.2, -0.15) is 11.8 Å². The van der Waals surface area contributed by atoms with Crippen LogP contribution in [0, 0.1) is 0 Å². The number of nitrogens with two attached hydrogens (primary N) is 2. The highest BCUT2D eigenvalue weighted by molar-refractivity contribution is 7.98. The molecule has 0 aromatic heterocycles. The van der Waals surface area contributed by atoms with E-state index in [2.05, 4.69) is 10.6 Å². The van der Waals surface area contributed by atoms with Crippen molar-refractivity contribution in [2.24, 2.45) is 11.5 Å². The highest BCUT2D eigenvalue weighted by atomic mass is 32.2. The van der Waals surface area contributed by atoms with Gasteiger partial charge in [0.25, 0.3) is 0 Å². The summed E-state index contributed by atoms with van der Waals surface area (Å²) < 4.78 is 0. The molecule has 1 aromatic carbocycles. The van der Waals surface area contributed by atoms with Gasteiger partial charge in [-0.25, -0.2) is 4.79 Å². The van der Waals surface area contributed by atoms with Crippen LogP contribution >= 0.6 is 11.8 Å². The maximum Gasteiger partial charge on any atom is 0.326 e. The Hall–Kier alpha value is -3.32. The molecular formula is C24H35N5O7S. The minimum Gasteiger partial charge on any atom is -0.508 e. The number of phenolic OH excluding ortho intramolecular Hbond substituents is 1. The first-order valence-corrected chi connectivity index (χ1v) is 13.4. The third kappa shape index (κ3) is 9.25. The number of benzene rings is 1. The fourth-order valence-corrected chi connectivity index (χ4v) is 4.52. The second-order valence-electron chi connectivity index (χ2n) is 8.91. The highest BCUT2D eigenvalue weighted by Crippen LogP contribution is 2.20. The summed E-state index contributed by atoms with van der Waals surface area (Å²) in [6.45, 7) is 0.297. The zero-order valence-corrected chi connectivity index (χ0v) is 21.5. The Morgan fingerprint density at radius 3 is 2.38 bits per heavy atom. The molecule has 12 nitrogen and oxygen atoms in total. The van der Waals surface area contributed by atoms with E-state index in [-0.39, 0.29) is 31.4 Å². The number of likely N-dealkylation sites (tertiary alicyclic amines) is 1. The molecule has 37 heavy (non-hydrogen) atoms. The van der Waals surface area contributed by atoms with Crippen LogP contribution in [0.15, 0.2) is 24.3 Å². The number of aliphatic carboxylic acids is 1. The van der Waals surface area contributed by atoms with E-state index in [0.29, 0.717) is 30.7 Å². The van der Waals surface area contributed by atoms with Crippen LogP contribution < -0.4 is 22.1 Å². The van der Waals surface area contributed by atoms with E-state index in [1.807, 2.05) is 6.26 Å². The first-order valence-electron chi connectivity index (χ1n) is 12.0. The number of carboxylic acids is 1. The summed E-state index contributed by atoms with van der Waals surface area (Å²) in [6, 6.07) is 1.94. The maximum atomic E-state index is 13.2. The molecule has 1 heterocycles. The fraction of sp³-hybridized carbons (Fsp3) is 0.542. The minimum absolute atomic E-state index is 0.0320. The second kappa shape index (κ2) is 14.4. The van der Waals surface area contributed by atoms with Crippen LogP contribution in [0.1, 0.15) is 37.7 Å². The molecule has 0 aliphatic carbocycles. The van der Waals surface area contributed by atoms with Crippen molar-refractivity contribution in [1.29, 1.82) is 0 Å². The number of aromatic hydroxyl groups is 1. The molecule has 2 rings (SSSR count). The van der Waals surface area contributed by atoms with Gasteiger partial charge in [-0.15, -0.1) is 0 Å². The van der Waals surface area contributed by atoms with Gasteiger partial charge in [-0.3, -0.25) is 19.2 Å². The zero-order valence-electron chi connectivity index (χ0n) is 20.7. The van der Waals surface area contributed by atoms with E-state index in [9.17, 15) is 34.2 Å². The smallest absolute Gasteiger partial charge is 0.326 e. The number of thioether (sulfide) groups is 1. The van der Waals surface area contributed by atoms with E-state index in [0.717, 1.165) is 0 Å². The number of hydrogen-bond acceptors (Lipinski definition) is 8. The summed E-state index contributed by atoms with van der Waals surface area (Å²) in [5.74, 6) is -2.95. The number of amides is 4. The topological polar surface area (TPSA) is 205 Å². The first kappa shape index (κ1) is 29.9. The van der Waals surface area contributed by atoms with Crippen LogP contribution in [-0.2, 0) is 30.4 Å². The molecule has 0 bridgehead atoms. The standard InChI is InChI=1S/C24H35N5O7S/c1-37-12-10-17(24(35)36)27-21(32)18(13-14-4-6-15(30)7-5-14)28-22(33)19-3-2-11-29(19)23(34)16(25)8-9-20(26)31/h4-7,16-19,30H,2-3,8-13,25H2,1H3,(H2,26,31)(H,27,32)(H,28,33)(H,35,36). The molecule has 1 fully saturated rings. The van der Waals surface area contributed by atoms with Crippen molar-refractivity contribution in [1.82, 2.24) is 15.5 Å². The molecular weight excluding hydrogens is 502 g/mol. The lowest BCUT2D eigenvalue weighted by atomic mass is 10.0. The Labute approximate surface area is 219 Å². The van der Waals surface area contributed by atoms with Crippen molar-refractivity contribution in [3.8, 4) is 5.75 Å². The number of nitrogens with one attached hydrogen (secondary N) is 2. The first-order chi connectivity index (χ1) is 17.5. The Morgan fingerprint density at radius 1 is 1.11 bits per heavy atom. The predicted molar refractivity (Wildman–Crippen MR) is 137 cm³/mol. The third-order valence-corrected chi connectivity index (χ3v) is 6.74. The molecule has 0 radical (unpaired) electrons. The maximum absolute atomic E-state index is 13.2. The molecule has 4 atom stereocenters. The monoisotopic (exact) mass is 537 g/mol. The number of phenols is 1. The highest BCUT2D eigenvalue weighted by Gasteiger charge is 2.38. The number of nitrogens with zero attached hydrogens (tertiary/aromatic N) is 1. The zero-order chi connectivity index (χ0) is 27.5. The Bertz CT molecular complexity index is 975. The molecule has 0 saturated carbocycles. The van der Waals surface area contributed by atoms with Crippen molar-refractivity contribution in [3.63, 3.8) is 0 Å². The lowest BCUT2D eigenvalue weighted by Gasteiger charge is -2.28. The van der Waals surface area contributed by atoms with Gasteiger partial charge in [-0.1, -0.05) is 12.1 Å². The summed E-state index contributed by atoms with van der Waals surface area (Å²) in [4.78, 5) is 63.2. The Kier molecular flexibility index (Phi) is 11.7. The molecule has 8 N–H and O–H groups in total. The van der Waals surface area contributed by atoms with Crippen LogP contribution in [0.3, 0.4) is 0 Å². The second-order valence-corrected chi connectivity index (χ2v) is 9.90. The summed E-state index contributed by atoms with van der Waals surface area (Å²) in [5, 5.41) is 24.2. The fourth-order valence-electron chi connectivity index (χ4n) is 4.05. The predicted octanol–water partition coefficient (Wildman–Crippen LogP) is -0.674. The molecule has 4 unspecified atom stereocenters. The minimum atomic E-state index is -1.19. The largest absolute Gasteiger partial charge is 0.508 e. The number of carboxylic acid groups (broad SMARTS) is 1. The molecule has 204 valence electrons. The summed E-state index contributed by atoms with van der Waals surface area (Å²) in [6.07, 6.45) is 2.96. The van der Waals surface area contributed by atoms with E-state index in [1.165, 1.54) is 28.8 Å². The molecule has 1 aromatic rings. The summed E-state index contributed by atoms with van der Waals surface area (Å²) in [5.41, 5.74) is 11.7. The molecule has 4 amide bonds. The van der Waals surface area contributed by atoms with Crippen molar-refractivity contribution < 1.29 is 34.2 Å². The average Bonchev–Trinajstić information content (AvgIpc) is 3.35. The summed E-state index contributed by atoms with van der Waals surface area (Å²) in [7, 11) is 0. The number of carbonyl (C=O) groups is 5. The van der Waals surface area contributed by atoms with Gasteiger partial charge in [0.15, 0.2) is 0 Å². The summed E-state index contributed by atoms with van der Waals surface area (Å²) >= 11 is 1.44. The van der Waals surface area contributed by atoms with E-state index >= 15 is 0 Å². The van der Waals surface area contributed by atoms with E-state index < -0.39 is 53.8 Å². The Morgan fingerprint density at radius 2 is 1.78 bits per heavy atom. The van der Waals surface area contributed by atoms with Crippen molar-refractivity contribution in [2.75, 3.05) is 18.6 Å². The lowest BCUT2D eigenvalue weighted by Crippen LogP contribution is -2.57. The quantitative estimate of drug-likeness (QED) is 0.178. The van der Waals surface area contributed by atoms with Crippen LogP contribution in [0.4, 0.5) is 0 Å². The van der Waals surface area contributed by atoms with E-state index in [4.69, 9.17) is 11.5 Å². The number of carbonyl (C=O) groups excluding carboxylic acids is 4. The molecule has 0 spiro atoms. The van der Waals surface area contributed by atoms with Crippen molar-refractivity contribution in [3.05, 3.63) is 29.8 Å². The normalized spacial score (nSPS) is 17.5. The van der Waals surface area contributed by atoms with Crippen LogP contribution in [-0.4, -0.2) is 87.4 Å². The van der Waals surface area contributed by atoms with Gasteiger partial charge >= 0.3 is 5.97 Å². The third-order valence-electron chi connectivity index (χ3n) is 6.09. The SMILES string of the molecule is CSCCC(NC(=O)C(Cc1ccc(O)cc1)NC(=O)C1CCCN1C(=O)C(N)CCC(N)=O)C(=O)O. The van der Waals surface area contributed by atoms with E-state index in [1.54, 1.807) is 12.1 Å². The van der Waals surface area contributed by atoms with Gasteiger partial charge in [0.05, 0.1) is 6.04 Å². The van der Waals surface area contributed by atoms with Gasteiger partial charge in [0.2, 0.25) is 23.6 Å². The van der Waals surface area contributed by atoms with Gasteiger partial charge < -0.3 is 37.2 Å².